The van der Waals surface area contributed by atoms with Gasteiger partial charge in [-0.3, -0.25) is 4.79 Å². The summed E-state index contributed by atoms with van der Waals surface area (Å²) in [5, 5.41) is 11.0. The first-order valence-electron chi connectivity index (χ1n) is 4.16. The Morgan fingerprint density at radius 3 is 3.07 bits per heavy atom. The van der Waals surface area contributed by atoms with Gasteiger partial charge >= 0.3 is 0 Å². The van der Waals surface area contributed by atoms with Crippen molar-refractivity contribution in [2.24, 2.45) is 5.92 Å². The Bertz CT molecular complexity index is 364. The van der Waals surface area contributed by atoms with Crippen LogP contribution < -0.4 is 11.1 Å². The molecular weight excluding hydrogens is 182 g/mol. The van der Waals surface area contributed by atoms with Crippen molar-refractivity contribution in [2.45, 2.75) is 6.92 Å². The average molecular weight is 193 g/mol. The number of carbonyl (C=O) groups excluding carboxylic acids is 1. The van der Waals surface area contributed by atoms with E-state index in [1.54, 1.807) is 6.92 Å². The monoisotopic (exact) mass is 193 g/mol. The molecule has 0 saturated carbocycles. The summed E-state index contributed by atoms with van der Waals surface area (Å²) in [5.74, 6) is -0.528. The van der Waals surface area contributed by atoms with Gasteiger partial charge in [0.1, 0.15) is 0 Å². The van der Waals surface area contributed by atoms with Crippen LogP contribution in [0.25, 0.3) is 0 Å². The van der Waals surface area contributed by atoms with E-state index in [0.29, 0.717) is 5.69 Å². The van der Waals surface area contributed by atoms with Crippen LogP contribution in [-0.2, 0) is 0 Å². The second kappa shape index (κ2) is 4.33. The minimum atomic E-state index is -0.394. The minimum Gasteiger partial charge on any atom is -0.457 e. The van der Waals surface area contributed by atoms with Gasteiger partial charge in [-0.15, -0.1) is 0 Å². The van der Waals surface area contributed by atoms with E-state index >= 15 is 0 Å². The van der Waals surface area contributed by atoms with Crippen LogP contribution in [0.1, 0.15) is 17.5 Å². The van der Waals surface area contributed by atoms with Crippen molar-refractivity contribution in [3.8, 4) is 6.07 Å². The smallest absolute Gasteiger partial charge is 0.289 e. The van der Waals surface area contributed by atoms with Gasteiger partial charge in [0.25, 0.3) is 5.91 Å². The molecule has 14 heavy (non-hydrogen) atoms. The van der Waals surface area contributed by atoms with E-state index in [-0.39, 0.29) is 18.2 Å². The minimum absolute atomic E-state index is 0.0927. The van der Waals surface area contributed by atoms with Gasteiger partial charge in [0.2, 0.25) is 5.76 Å². The third kappa shape index (κ3) is 2.26. The van der Waals surface area contributed by atoms with Gasteiger partial charge < -0.3 is 15.5 Å². The molecule has 5 heteroatoms. The van der Waals surface area contributed by atoms with Crippen LogP contribution in [0.5, 0.6) is 0 Å². The molecule has 0 aliphatic rings. The molecule has 5 nitrogen and oxygen atoms in total. The molecule has 3 N–H and O–H groups in total. The molecule has 1 aromatic rings. The predicted octanol–water partition coefficient (Wildman–Crippen LogP) is 0.751. The summed E-state index contributed by atoms with van der Waals surface area (Å²) in [6.45, 7) is 2.00. The molecule has 74 valence electrons. The summed E-state index contributed by atoms with van der Waals surface area (Å²) < 4.78 is 4.87. The Hall–Kier alpha value is -1.96. The van der Waals surface area contributed by atoms with E-state index in [9.17, 15) is 4.79 Å². The van der Waals surface area contributed by atoms with Crippen LogP contribution in [0, 0.1) is 17.2 Å². The fourth-order valence-corrected chi connectivity index (χ4v) is 0.875. The fraction of sp³-hybridized carbons (Fsp3) is 0.333. The third-order valence-electron chi connectivity index (χ3n) is 1.69. The third-order valence-corrected chi connectivity index (χ3v) is 1.69. The van der Waals surface area contributed by atoms with Gasteiger partial charge in [0.15, 0.2) is 0 Å². The first-order chi connectivity index (χ1) is 6.65. The summed E-state index contributed by atoms with van der Waals surface area (Å²) in [4.78, 5) is 11.4. The number of nitrogens with zero attached hydrogens (tertiary/aromatic N) is 1. The van der Waals surface area contributed by atoms with Crippen LogP contribution in [0.4, 0.5) is 5.69 Å². The van der Waals surface area contributed by atoms with Crippen LogP contribution in [-0.4, -0.2) is 12.5 Å². The Morgan fingerprint density at radius 2 is 2.57 bits per heavy atom. The average Bonchev–Trinajstić information content (AvgIpc) is 2.60. The number of anilines is 1. The molecule has 1 unspecified atom stereocenters. The number of hydrogen-bond donors (Lipinski definition) is 2. The Morgan fingerprint density at radius 1 is 1.86 bits per heavy atom. The first-order valence-corrected chi connectivity index (χ1v) is 4.16. The van der Waals surface area contributed by atoms with Gasteiger partial charge in [0.05, 0.1) is 23.9 Å². The number of nitrogens with one attached hydrogen (secondary N) is 1. The van der Waals surface area contributed by atoms with Gasteiger partial charge in [-0.2, -0.15) is 5.26 Å². The van der Waals surface area contributed by atoms with E-state index in [0.717, 1.165) is 0 Å². The van der Waals surface area contributed by atoms with Gasteiger partial charge in [-0.25, -0.2) is 0 Å². The first kappa shape index (κ1) is 10.1. The molecule has 0 aliphatic carbocycles. The number of nitrogens with two attached hydrogens (primary N) is 1. The maximum Gasteiger partial charge on any atom is 0.289 e. The molecule has 0 fully saturated rings. The maximum absolute atomic E-state index is 11.4. The molecule has 1 aromatic heterocycles. The quantitative estimate of drug-likeness (QED) is 0.740. The van der Waals surface area contributed by atoms with Crippen molar-refractivity contribution in [3.05, 3.63) is 18.1 Å². The molecule has 0 saturated heterocycles. The van der Waals surface area contributed by atoms with Crippen molar-refractivity contribution in [1.82, 2.24) is 5.32 Å². The van der Waals surface area contributed by atoms with Gasteiger partial charge in [-0.05, 0) is 6.92 Å². The van der Waals surface area contributed by atoms with Crippen LogP contribution in [0.3, 0.4) is 0 Å². The highest BCUT2D eigenvalue weighted by atomic mass is 16.3. The number of amides is 1. The molecule has 1 atom stereocenters. The van der Waals surface area contributed by atoms with Crippen LogP contribution in [0.15, 0.2) is 16.7 Å². The van der Waals surface area contributed by atoms with Gasteiger partial charge in [0, 0.05) is 12.6 Å². The molecule has 1 rings (SSSR count). The normalized spacial score (nSPS) is 11.7. The zero-order chi connectivity index (χ0) is 10.6. The van der Waals surface area contributed by atoms with Crippen LogP contribution in [0.2, 0.25) is 0 Å². The number of carbonyl (C=O) groups is 1. The Kier molecular flexibility index (Phi) is 3.13. The van der Waals surface area contributed by atoms with E-state index < -0.39 is 5.91 Å². The fourth-order valence-electron chi connectivity index (χ4n) is 0.875. The van der Waals surface area contributed by atoms with Crippen molar-refractivity contribution >= 4 is 11.6 Å². The van der Waals surface area contributed by atoms with E-state index in [1.807, 2.05) is 6.07 Å². The lowest BCUT2D eigenvalue weighted by Gasteiger charge is -2.04. The largest absolute Gasteiger partial charge is 0.457 e. The highest BCUT2D eigenvalue weighted by Crippen LogP contribution is 2.11. The number of furan rings is 1. The van der Waals surface area contributed by atoms with E-state index in [4.69, 9.17) is 15.4 Å². The molecular formula is C9H11N3O2. The molecule has 1 amide bonds. The van der Waals surface area contributed by atoms with E-state index in [1.165, 1.54) is 12.3 Å². The highest BCUT2D eigenvalue weighted by Gasteiger charge is 2.13. The second-order valence-electron chi connectivity index (χ2n) is 2.95. The SMILES string of the molecule is CC(C#N)CNC(=O)c1occc1N. The summed E-state index contributed by atoms with van der Waals surface area (Å²) in [6.07, 6.45) is 1.35. The second-order valence-corrected chi connectivity index (χ2v) is 2.95. The molecule has 0 spiro atoms. The Balaban J connectivity index is 2.53. The number of nitrogen functional groups attached to an aromatic ring is 1. The van der Waals surface area contributed by atoms with Crippen molar-refractivity contribution in [3.63, 3.8) is 0 Å². The summed E-state index contributed by atoms with van der Waals surface area (Å²) >= 11 is 0. The predicted molar refractivity (Wildman–Crippen MR) is 50.2 cm³/mol. The zero-order valence-electron chi connectivity index (χ0n) is 7.78. The van der Waals surface area contributed by atoms with Crippen molar-refractivity contribution in [1.29, 1.82) is 5.26 Å². The maximum atomic E-state index is 11.4. The zero-order valence-corrected chi connectivity index (χ0v) is 7.78. The summed E-state index contributed by atoms with van der Waals surface area (Å²) in [5.41, 5.74) is 5.76. The number of nitriles is 1. The van der Waals surface area contributed by atoms with Gasteiger partial charge in [-0.1, -0.05) is 0 Å². The molecule has 0 bridgehead atoms. The lowest BCUT2D eigenvalue weighted by atomic mass is 10.2. The van der Waals surface area contributed by atoms with Crippen LogP contribution >= 0.6 is 0 Å². The Labute approximate surface area is 81.5 Å². The van der Waals surface area contributed by atoms with Crippen molar-refractivity contribution in [2.75, 3.05) is 12.3 Å². The highest BCUT2D eigenvalue weighted by molar-refractivity contribution is 5.96. The van der Waals surface area contributed by atoms with Crippen molar-refractivity contribution < 1.29 is 9.21 Å². The lowest BCUT2D eigenvalue weighted by molar-refractivity contribution is 0.0924. The molecule has 1 heterocycles. The summed E-state index contributed by atoms with van der Waals surface area (Å²) in [6, 6.07) is 3.51. The standard InChI is InChI=1S/C9H11N3O2/c1-6(4-10)5-12-9(13)8-7(11)2-3-14-8/h2-3,6H,5,11H2,1H3,(H,12,13). The summed E-state index contributed by atoms with van der Waals surface area (Å²) in [7, 11) is 0. The number of rotatable bonds is 3. The molecule has 0 aliphatic heterocycles. The van der Waals surface area contributed by atoms with E-state index in [2.05, 4.69) is 5.32 Å². The topological polar surface area (TPSA) is 92.0 Å². The molecule has 0 radical (unpaired) electrons. The lowest BCUT2D eigenvalue weighted by Crippen LogP contribution is -2.27. The molecule has 0 aromatic carbocycles. The number of hydrogen-bond acceptors (Lipinski definition) is 4.